The molecular weight excluding hydrogens is 160 g/mol. The van der Waals surface area contributed by atoms with Gasteiger partial charge >= 0.3 is 0 Å². The molecule has 1 N–H and O–H groups in total. The monoisotopic (exact) mass is 182 g/mol. The Labute approximate surface area is 82.2 Å². The maximum Gasteiger partial charge on any atom is 0.0543 e. The van der Waals surface area contributed by atoms with E-state index in [9.17, 15) is 5.11 Å². The first kappa shape index (κ1) is 12.4. The highest BCUT2D eigenvalue weighted by Gasteiger charge is 2.00. The number of aliphatic hydroxyl groups excluding tert-OH is 1. The summed E-state index contributed by atoms with van der Waals surface area (Å²) in [4.78, 5) is 0. The van der Waals surface area contributed by atoms with Gasteiger partial charge in [-0.1, -0.05) is 51.0 Å². The molecule has 0 rings (SSSR count). The van der Waals surface area contributed by atoms with Crippen molar-refractivity contribution in [3.05, 3.63) is 24.8 Å². The zero-order valence-electron chi connectivity index (χ0n) is 8.71. The van der Waals surface area contributed by atoms with Gasteiger partial charge in [0.05, 0.1) is 6.10 Å². The summed E-state index contributed by atoms with van der Waals surface area (Å²) in [5, 5.41) is 9.52. The van der Waals surface area contributed by atoms with Gasteiger partial charge in [-0.3, -0.25) is 0 Å². The van der Waals surface area contributed by atoms with Crippen LogP contribution in [0.3, 0.4) is 0 Å². The summed E-state index contributed by atoms with van der Waals surface area (Å²) in [6.45, 7) is 5.77. The lowest BCUT2D eigenvalue weighted by Crippen LogP contribution is -2.05. The van der Waals surface area contributed by atoms with Gasteiger partial charge in [0.2, 0.25) is 0 Å². The van der Waals surface area contributed by atoms with Crippen LogP contribution in [-0.2, 0) is 0 Å². The van der Waals surface area contributed by atoms with Crippen LogP contribution < -0.4 is 0 Å². The van der Waals surface area contributed by atoms with Gasteiger partial charge in [0.25, 0.3) is 0 Å². The Morgan fingerprint density at radius 2 is 2.08 bits per heavy atom. The number of aliphatic hydroxyl groups is 1. The second-order valence-corrected chi connectivity index (χ2v) is 3.39. The van der Waals surface area contributed by atoms with E-state index in [0.717, 1.165) is 25.7 Å². The third kappa shape index (κ3) is 9.35. The summed E-state index contributed by atoms with van der Waals surface area (Å²) in [6, 6.07) is 0. The Balaban J connectivity index is 3.24. The fraction of sp³-hybridized carbons (Fsp3) is 0.667. The molecule has 13 heavy (non-hydrogen) atoms. The molecule has 0 aromatic rings. The van der Waals surface area contributed by atoms with E-state index < -0.39 is 0 Å². The number of hydrogen-bond acceptors (Lipinski definition) is 1. The topological polar surface area (TPSA) is 20.2 Å². The van der Waals surface area contributed by atoms with Crippen LogP contribution in [0.4, 0.5) is 0 Å². The Kier molecular flexibility index (Phi) is 9.12. The van der Waals surface area contributed by atoms with Crippen molar-refractivity contribution in [1.82, 2.24) is 0 Å². The molecule has 1 nitrogen and oxygen atoms in total. The number of rotatable bonds is 8. The Hall–Kier alpha value is -0.560. The molecular formula is C12H22O. The molecule has 0 aromatic carbocycles. The van der Waals surface area contributed by atoms with Gasteiger partial charge in [-0.15, -0.1) is 0 Å². The lowest BCUT2D eigenvalue weighted by molar-refractivity contribution is 0.152. The van der Waals surface area contributed by atoms with Gasteiger partial charge in [-0.05, 0) is 19.3 Å². The molecule has 0 aromatic heterocycles. The van der Waals surface area contributed by atoms with Crippen molar-refractivity contribution in [2.24, 2.45) is 0 Å². The highest BCUT2D eigenvalue weighted by Crippen LogP contribution is 2.08. The zero-order valence-corrected chi connectivity index (χ0v) is 8.71. The minimum atomic E-state index is -0.110. The third-order valence-corrected chi connectivity index (χ3v) is 2.08. The van der Waals surface area contributed by atoms with E-state index >= 15 is 0 Å². The Bertz CT molecular complexity index is 138. The van der Waals surface area contributed by atoms with Gasteiger partial charge in [0.1, 0.15) is 0 Å². The minimum absolute atomic E-state index is 0.110. The summed E-state index contributed by atoms with van der Waals surface area (Å²) in [7, 11) is 0. The summed E-state index contributed by atoms with van der Waals surface area (Å²) < 4.78 is 0. The van der Waals surface area contributed by atoms with E-state index in [1.165, 1.54) is 12.8 Å². The van der Waals surface area contributed by atoms with Crippen LogP contribution in [0.15, 0.2) is 24.8 Å². The van der Waals surface area contributed by atoms with Crippen molar-refractivity contribution in [2.75, 3.05) is 0 Å². The Morgan fingerprint density at radius 1 is 1.31 bits per heavy atom. The largest absolute Gasteiger partial charge is 0.393 e. The molecule has 0 saturated carbocycles. The van der Waals surface area contributed by atoms with E-state index in [1.54, 1.807) is 6.08 Å². The van der Waals surface area contributed by atoms with Crippen molar-refractivity contribution >= 4 is 0 Å². The number of unbranched alkanes of at least 4 members (excludes halogenated alkanes) is 2. The molecule has 0 radical (unpaired) electrons. The van der Waals surface area contributed by atoms with Gasteiger partial charge in [-0.25, -0.2) is 0 Å². The summed E-state index contributed by atoms with van der Waals surface area (Å²) >= 11 is 0. The second kappa shape index (κ2) is 9.53. The van der Waals surface area contributed by atoms with Crippen LogP contribution in [0.2, 0.25) is 0 Å². The maximum absolute atomic E-state index is 9.52. The highest BCUT2D eigenvalue weighted by atomic mass is 16.3. The van der Waals surface area contributed by atoms with Gasteiger partial charge in [-0.2, -0.15) is 0 Å². The molecule has 1 heteroatoms. The first-order valence-electron chi connectivity index (χ1n) is 5.26. The van der Waals surface area contributed by atoms with Gasteiger partial charge < -0.3 is 5.11 Å². The smallest absolute Gasteiger partial charge is 0.0543 e. The molecule has 0 spiro atoms. The Morgan fingerprint density at radius 3 is 2.69 bits per heavy atom. The van der Waals surface area contributed by atoms with Crippen molar-refractivity contribution in [3.63, 3.8) is 0 Å². The van der Waals surface area contributed by atoms with Crippen LogP contribution in [0, 0.1) is 0 Å². The SMILES string of the molecule is C=C/C=C/CCC(O)CCCCC. The van der Waals surface area contributed by atoms with Crippen LogP contribution in [0.1, 0.15) is 45.4 Å². The summed E-state index contributed by atoms with van der Waals surface area (Å²) in [6.07, 6.45) is 12.0. The molecule has 0 aliphatic rings. The summed E-state index contributed by atoms with van der Waals surface area (Å²) in [5.74, 6) is 0. The predicted octanol–water partition coefficient (Wildman–Crippen LogP) is 3.45. The normalized spacial score (nSPS) is 13.4. The lowest BCUT2D eigenvalue weighted by atomic mass is 10.1. The molecule has 0 aliphatic carbocycles. The second-order valence-electron chi connectivity index (χ2n) is 3.39. The number of hydrogen-bond donors (Lipinski definition) is 1. The minimum Gasteiger partial charge on any atom is -0.393 e. The van der Waals surface area contributed by atoms with E-state index in [-0.39, 0.29) is 6.10 Å². The average Bonchev–Trinajstić information content (AvgIpc) is 2.13. The fourth-order valence-electron chi connectivity index (χ4n) is 1.26. The molecule has 1 unspecified atom stereocenters. The van der Waals surface area contributed by atoms with E-state index in [0.29, 0.717) is 0 Å². The quantitative estimate of drug-likeness (QED) is 0.450. The maximum atomic E-state index is 9.52. The highest BCUT2D eigenvalue weighted by molar-refractivity contribution is 4.96. The van der Waals surface area contributed by atoms with Crippen molar-refractivity contribution in [3.8, 4) is 0 Å². The zero-order chi connectivity index (χ0) is 9.94. The van der Waals surface area contributed by atoms with Crippen molar-refractivity contribution in [2.45, 2.75) is 51.6 Å². The van der Waals surface area contributed by atoms with Crippen LogP contribution >= 0.6 is 0 Å². The van der Waals surface area contributed by atoms with Crippen molar-refractivity contribution in [1.29, 1.82) is 0 Å². The third-order valence-electron chi connectivity index (χ3n) is 2.08. The molecule has 0 amide bonds. The standard InChI is InChI=1S/C12H22O/c1-3-5-7-9-11-12(13)10-8-6-4-2/h3,5,7,12-13H,1,4,6,8-11H2,2H3/b7-5+. The first-order valence-corrected chi connectivity index (χ1v) is 5.26. The van der Waals surface area contributed by atoms with E-state index in [4.69, 9.17) is 0 Å². The van der Waals surface area contributed by atoms with E-state index in [1.807, 2.05) is 6.08 Å². The van der Waals surface area contributed by atoms with Gasteiger partial charge in [0.15, 0.2) is 0 Å². The number of allylic oxidation sites excluding steroid dienone is 3. The fourth-order valence-corrected chi connectivity index (χ4v) is 1.26. The van der Waals surface area contributed by atoms with Crippen LogP contribution in [0.5, 0.6) is 0 Å². The molecule has 76 valence electrons. The molecule has 0 heterocycles. The first-order chi connectivity index (χ1) is 6.31. The van der Waals surface area contributed by atoms with Crippen molar-refractivity contribution < 1.29 is 5.11 Å². The molecule has 0 aliphatic heterocycles. The summed E-state index contributed by atoms with van der Waals surface area (Å²) in [5.41, 5.74) is 0. The predicted molar refractivity (Wildman–Crippen MR) is 58.7 cm³/mol. The molecule has 1 atom stereocenters. The van der Waals surface area contributed by atoms with Crippen LogP contribution in [0.25, 0.3) is 0 Å². The molecule has 0 saturated heterocycles. The lowest BCUT2D eigenvalue weighted by Gasteiger charge is -2.07. The van der Waals surface area contributed by atoms with E-state index in [2.05, 4.69) is 19.6 Å². The average molecular weight is 182 g/mol. The molecule has 0 bridgehead atoms. The molecule has 0 fully saturated rings. The van der Waals surface area contributed by atoms with Gasteiger partial charge in [0, 0.05) is 0 Å². The van der Waals surface area contributed by atoms with Crippen LogP contribution in [-0.4, -0.2) is 11.2 Å².